The Hall–Kier alpha value is -3.80. The largest absolute Gasteiger partial charge is 0.493 e. The minimum absolute atomic E-state index is 0.130. The Morgan fingerprint density at radius 1 is 1.06 bits per heavy atom. The van der Waals surface area contributed by atoms with Crippen LogP contribution in [0.5, 0.6) is 11.5 Å². The molecule has 6 heteroatoms. The molecule has 2 N–H and O–H groups in total. The van der Waals surface area contributed by atoms with E-state index in [1.54, 1.807) is 20.3 Å². The number of methoxy groups -OCH3 is 2. The minimum atomic E-state index is -0.294. The van der Waals surface area contributed by atoms with Crippen molar-refractivity contribution in [1.82, 2.24) is 5.32 Å². The van der Waals surface area contributed by atoms with E-state index in [1.807, 2.05) is 55.5 Å². The standard InChI is InChI=1S/C28H30N2O4/c1-17-14-26(33-3)28(34-4)27-20(17)10-12-23(30-18(2)31)22-15-25(32)24(13-11-21(22)27)29-16-19-8-6-5-7-9-19/h5-9,11,13-15,23H,10,12,16H2,1-4H3,(H,29,32)(H,30,31). The molecule has 0 saturated carbocycles. The predicted molar refractivity (Wildman–Crippen MR) is 135 cm³/mol. The number of fused-ring (bicyclic) bond motifs is 3. The molecule has 6 nitrogen and oxygen atoms in total. The SMILES string of the molecule is COc1cc(C)c2c(c1OC)-c1ccc(NCc3ccccc3)c(=O)cc1C(NC(C)=O)CC2. The van der Waals surface area contributed by atoms with Crippen molar-refractivity contribution < 1.29 is 14.3 Å². The molecule has 4 rings (SSSR count). The molecule has 0 saturated heterocycles. The van der Waals surface area contributed by atoms with Gasteiger partial charge in [-0.1, -0.05) is 36.4 Å². The normalized spacial score (nSPS) is 14.3. The van der Waals surface area contributed by atoms with Gasteiger partial charge < -0.3 is 20.1 Å². The lowest BCUT2D eigenvalue weighted by molar-refractivity contribution is -0.119. The fourth-order valence-corrected chi connectivity index (χ4v) is 4.70. The van der Waals surface area contributed by atoms with Gasteiger partial charge in [-0.3, -0.25) is 9.59 Å². The molecule has 1 aliphatic carbocycles. The molecular formula is C28H30N2O4. The van der Waals surface area contributed by atoms with Crippen molar-refractivity contribution in [3.8, 4) is 22.6 Å². The van der Waals surface area contributed by atoms with Crippen molar-refractivity contribution in [3.05, 3.63) is 87.1 Å². The van der Waals surface area contributed by atoms with Crippen LogP contribution in [-0.4, -0.2) is 20.1 Å². The Labute approximate surface area is 199 Å². The molecule has 1 atom stereocenters. The van der Waals surface area contributed by atoms with E-state index < -0.39 is 0 Å². The third-order valence-electron chi connectivity index (χ3n) is 6.31. The first-order chi connectivity index (χ1) is 16.4. The average Bonchev–Trinajstić information content (AvgIpc) is 3.07. The molecule has 0 heterocycles. The van der Waals surface area contributed by atoms with Crippen LogP contribution in [0.1, 0.15) is 41.6 Å². The van der Waals surface area contributed by atoms with Gasteiger partial charge in [-0.25, -0.2) is 0 Å². The first-order valence-electron chi connectivity index (χ1n) is 11.4. The van der Waals surface area contributed by atoms with Crippen molar-refractivity contribution in [2.24, 2.45) is 0 Å². The Morgan fingerprint density at radius 2 is 1.82 bits per heavy atom. The first-order valence-corrected chi connectivity index (χ1v) is 11.4. The fraction of sp³-hybridized carbons (Fsp3) is 0.286. The van der Waals surface area contributed by atoms with Crippen LogP contribution >= 0.6 is 0 Å². The van der Waals surface area contributed by atoms with E-state index in [9.17, 15) is 9.59 Å². The van der Waals surface area contributed by atoms with Crippen molar-refractivity contribution in [1.29, 1.82) is 0 Å². The third kappa shape index (κ3) is 4.62. The summed E-state index contributed by atoms with van der Waals surface area (Å²) >= 11 is 0. The summed E-state index contributed by atoms with van der Waals surface area (Å²) in [5, 5.41) is 6.32. The summed E-state index contributed by atoms with van der Waals surface area (Å²) in [6.45, 7) is 4.08. The quantitative estimate of drug-likeness (QED) is 0.556. The molecular weight excluding hydrogens is 428 g/mol. The lowest BCUT2D eigenvalue weighted by Crippen LogP contribution is -2.26. The molecule has 0 bridgehead atoms. The van der Waals surface area contributed by atoms with E-state index in [1.165, 1.54) is 6.92 Å². The second kappa shape index (κ2) is 10.00. The number of ether oxygens (including phenoxy) is 2. The van der Waals surface area contributed by atoms with Crippen LogP contribution in [-0.2, 0) is 17.8 Å². The Bertz CT molecular complexity index is 1270. The molecule has 176 valence electrons. The van der Waals surface area contributed by atoms with Gasteiger partial charge in [0.05, 0.1) is 25.9 Å². The summed E-state index contributed by atoms with van der Waals surface area (Å²) in [4.78, 5) is 25.3. The summed E-state index contributed by atoms with van der Waals surface area (Å²) < 4.78 is 11.4. The van der Waals surface area contributed by atoms with Crippen molar-refractivity contribution in [3.63, 3.8) is 0 Å². The maximum absolute atomic E-state index is 13.3. The molecule has 3 aromatic carbocycles. The molecule has 0 aromatic heterocycles. The summed E-state index contributed by atoms with van der Waals surface area (Å²) in [6.07, 6.45) is 1.41. The van der Waals surface area contributed by atoms with Crippen LogP contribution in [0.15, 0.2) is 59.4 Å². The number of benzene rings is 2. The number of hydrogen-bond acceptors (Lipinski definition) is 5. The molecule has 0 spiro atoms. The number of carbonyl (C=O) groups excluding carboxylic acids is 1. The van der Waals surface area contributed by atoms with Crippen molar-refractivity contribution >= 4 is 11.6 Å². The highest BCUT2D eigenvalue weighted by Crippen LogP contribution is 2.47. The third-order valence-corrected chi connectivity index (χ3v) is 6.31. The van der Waals surface area contributed by atoms with E-state index in [0.717, 1.165) is 39.8 Å². The molecule has 34 heavy (non-hydrogen) atoms. The Kier molecular flexibility index (Phi) is 6.87. The lowest BCUT2D eigenvalue weighted by Gasteiger charge is -2.19. The Balaban J connectivity index is 1.91. The monoisotopic (exact) mass is 458 g/mol. The molecule has 0 radical (unpaired) electrons. The van der Waals surface area contributed by atoms with Gasteiger partial charge in [-0.05, 0) is 65.8 Å². The fourth-order valence-electron chi connectivity index (χ4n) is 4.70. The van der Waals surface area contributed by atoms with Gasteiger partial charge in [0.2, 0.25) is 11.3 Å². The zero-order chi connectivity index (χ0) is 24.2. The maximum Gasteiger partial charge on any atom is 0.217 e. The second-order valence-electron chi connectivity index (χ2n) is 8.54. The van der Waals surface area contributed by atoms with Crippen LogP contribution in [0, 0.1) is 6.92 Å². The number of aryl methyl sites for hydroxylation is 1. The summed E-state index contributed by atoms with van der Waals surface area (Å²) in [6, 6.07) is 17.0. The highest BCUT2D eigenvalue weighted by molar-refractivity contribution is 5.83. The lowest BCUT2D eigenvalue weighted by atomic mass is 9.93. The molecule has 0 aliphatic heterocycles. The average molecular weight is 459 g/mol. The predicted octanol–water partition coefficient (Wildman–Crippen LogP) is 4.77. The topological polar surface area (TPSA) is 76.7 Å². The molecule has 1 aliphatic rings. The second-order valence-corrected chi connectivity index (χ2v) is 8.54. The number of carbonyl (C=O) groups is 1. The van der Waals surface area contributed by atoms with Gasteiger partial charge in [-0.2, -0.15) is 0 Å². The minimum Gasteiger partial charge on any atom is -0.493 e. The van der Waals surface area contributed by atoms with Gasteiger partial charge in [0.15, 0.2) is 11.5 Å². The van der Waals surface area contributed by atoms with Crippen molar-refractivity contribution in [2.75, 3.05) is 19.5 Å². The van der Waals surface area contributed by atoms with E-state index in [0.29, 0.717) is 30.2 Å². The highest BCUT2D eigenvalue weighted by atomic mass is 16.5. The molecule has 1 unspecified atom stereocenters. The zero-order valence-electron chi connectivity index (χ0n) is 20.0. The molecule has 0 fully saturated rings. The smallest absolute Gasteiger partial charge is 0.217 e. The van der Waals surface area contributed by atoms with Crippen molar-refractivity contribution in [2.45, 2.75) is 39.3 Å². The van der Waals surface area contributed by atoms with Crippen LogP contribution in [0.4, 0.5) is 5.69 Å². The van der Waals surface area contributed by atoms with Crippen LogP contribution in [0.3, 0.4) is 0 Å². The summed E-state index contributed by atoms with van der Waals surface area (Å²) in [5.41, 5.74) is 6.20. The summed E-state index contributed by atoms with van der Waals surface area (Å²) in [5.74, 6) is 1.13. The number of rotatable bonds is 6. The first kappa shape index (κ1) is 23.4. The zero-order valence-corrected chi connectivity index (χ0v) is 20.0. The van der Waals surface area contributed by atoms with E-state index in [2.05, 4.69) is 10.6 Å². The van der Waals surface area contributed by atoms with Crippen LogP contribution < -0.4 is 25.5 Å². The van der Waals surface area contributed by atoms with E-state index in [-0.39, 0.29) is 17.4 Å². The number of anilines is 1. The van der Waals surface area contributed by atoms with Gasteiger partial charge >= 0.3 is 0 Å². The van der Waals surface area contributed by atoms with E-state index in [4.69, 9.17) is 9.47 Å². The van der Waals surface area contributed by atoms with E-state index >= 15 is 0 Å². The van der Waals surface area contributed by atoms with Gasteiger partial charge in [0.1, 0.15) is 0 Å². The number of hydrogen-bond donors (Lipinski definition) is 2. The van der Waals surface area contributed by atoms with Crippen LogP contribution in [0.2, 0.25) is 0 Å². The molecule has 1 amide bonds. The number of amides is 1. The Morgan fingerprint density at radius 3 is 2.50 bits per heavy atom. The van der Waals surface area contributed by atoms with Crippen LogP contribution in [0.25, 0.3) is 11.1 Å². The number of nitrogens with one attached hydrogen (secondary N) is 2. The molecule has 3 aromatic rings. The summed E-state index contributed by atoms with van der Waals surface area (Å²) in [7, 11) is 3.24. The van der Waals surface area contributed by atoms with Gasteiger partial charge in [0.25, 0.3) is 0 Å². The van der Waals surface area contributed by atoms with Gasteiger partial charge in [-0.15, -0.1) is 0 Å². The maximum atomic E-state index is 13.3. The van der Waals surface area contributed by atoms with Gasteiger partial charge in [0, 0.05) is 19.0 Å². The highest BCUT2D eigenvalue weighted by Gasteiger charge is 2.28.